The van der Waals surface area contributed by atoms with E-state index in [9.17, 15) is 0 Å². The fourth-order valence-corrected chi connectivity index (χ4v) is 3.34. The number of aliphatic imine (C=N–C) groups is 1. The average Bonchev–Trinajstić information content (AvgIpc) is 2.47. The summed E-state index contributed by atoms with van der Waals surface area (Å²) in [5.74, 6) is 1.21. The average molecular weight is 263 g/mol. The van der Waals surface area contributed by atoms with E-state index in [0.717, 1.165) is 6.42 Å². The molecule has 0 heterocycles. The maximum absolute atomic E-state index is 5.02. The molecule has 2 aliphatic rings. The number of rotatable bonds is 5. The Hall–Kier alpha value is -0.530. The minimum Gasteiger partial charge on any atom is -0.466 e. The summed E-state index contributed by atoms with van der Waals surface area (Å²) in [5.41, 5.74) is 0. The highest BCUT2D eigenvalue weighted by molar-refractivity contribution is 5.95. The zero-order valence-electron chi connectivity index (χ0n) is 12.7. The number of amidine groups is 1. The molecule has 0 aromatic carbocycles. The normalized spacial score (nSPS) is 23.5. The molecule has 110 valence electrons. The monoisotopic (exact) mass is 263 g/mol. The third-order valence-corrected chi connectivity index (χ3v) is 4.57. The van der Waals surface area contributed by atoms with Crippen molar-refractivity contribution < 1.29 is 0 Å². The molecule has 2 aliphatic carbocycles. The van der Waals surface area contributed by atoms with Crippen LogP contribution < -0.4 is 0 Å². The van der Waals surface area contributed by atoms with E-state index in [1.807, 2.05) is 0 Å². The van der Waals surface area contributed by atoms with Gasteiger partial charge in [0.1, 0.15) is 0 Å². The first-order valence-corrected chi connectivity index (χ1v) is 8.66. The molecule has 0 radical (unpaired) electrons. The second-order valence-corrected chi connectivity index (χ2v) is 6.36. The van der Waals surface area contributed by atoms with Gasteiger partial charge in [0.05, 0.1) is 0 Å². The molecular formula is C17H31N2-. The van der Waals surface area contributed by atoms with Gasteiger partial charge in [-0.25, -0.2) is 0 Å². The Kier molecular flexibility index (Phi) is 6.73. The Morgan fingerprint density at radius 3 is 2.21 bits per heavy atom. The second-order valence-electron chi connectivity index (χ2n) is 6.36. The molecule has 0 spiro atoms. The highest BCUT2D eigenvalue weighted by Gasteiger charge is 2.11. The fraction of sp³-hybridized carbons (Fsp3) is 0.941. The van der Waals surface area contributed by atoms with Gasteiger partial charge >= 0.3 is 0 Å². The largest absolute Gasteiger partial charge is 0.466 e. The van der Waals surface area contributed by atoms with Gasteiger partial charge in [-0.2, -0.15) is 0 Å². The van der Waals surface area contributed by atoms with Gasteiger partial charge in [0, 0.05) is 0 Å². The lowest BCUT2D eigenvalue weighted by Crippen LogP contribution is -2.18. The molecule has 2 rings (SSSR count). The van der Waals surface area contributed by atoms with Gasteiger partial charge in [-0.15, -0.1) is 0 Å². The molecule has 19 heavy (non-hydrogen) atoms. The maximum atomic E-state index is 5.02. The van der Waals surface area contributed by atoms with Gasteiger partial charge in [-0.3, -0.25) is 0 Å². The minimum atomic E-state index is 0.591. The first-order chi connectivity index (χ1) is 9.38. The lowest BCUT2D eigenvalue weighted by molar-refractivity contribution is 0.441. The molecule has 2 fully saturated rings. The van der Waals surface area contributed by atoms with Gasteiger partial charge in [0.15, 0.2) is 0 Å². The van der Waals surface area contributed by atoms with E-state index in [4.69, 9.17) is 10.3 Å². The van der Waals surface area contributed by atoms with Crippen LogP contribution >= 0.6 is 0 Å². The van der Waals surface area contributed by atoms with Gasteiger partial charge in [0.2, 0.25) is 0 Å². The van der Waals surface area contributed by atoms with E-state index in [1.165, 1.54) is 82.9 Å². The number of unbranched alkanes of at least 4 members (excludes halogenated alkanes) is 1. The second kappa shape index (κ2) is 8.60. The fourth-order valence-electron chi connectivity index (χ4n) is 3.34. The quantitative estimate of drug-likeness (QED) is 0.455. The van der Waals surface area contributed by atoms with Crippen molar-refractivity contribution in [1.82, 2.24) is 0 Å². The van der Waals surface area contributed by atoms with Crippen LogP contribution in [0.15, 0.2) is 4.99 Å². The SMILES string of the molecule is CCCCC(=NC1CCCCC1)[N-]C1CCCCC1. The molecule has 0 aromatic heterocycles. The third-order valence-electron chi connectivity index (χ3n) is 4.57. The summed E-state index contributed by atoms with van der Waals surface area (Å²) in [6.45, 7) is 2.26. The molecule has 0 N–H and O–H groups in total. The van der Waals surface area contributed by atoms with E-state index >= 15 is 0 Å². The van der Waals surface area contributed by atoms with Crippen LogP contribution in [-0.4, -0.2) is 17.9 Å². The van der Waals surface area contributed by atoms with Crippen molar-refractivity contribution in [2.24, 2.45) is 4.99 Å². The Morgan fingerprint density at radius 2 is 1.58 bits per heavy atom. The molecular weight excluding hydrogens is 232 g/mol. The van der Waals surface area contributed by atoms with Crippen LogP contribution in [-0.2, 0) is 0 Å². The molecule has 2 heteroatoms. The molecule has 2 saturated carbocycles. The van der Waals surface area contributed by atoms with Crippen molar-refractivity contribution in [3.8, 4) is 0 Å². The Balaban J connectivity index is 1.87. The predicted molar refractivity (Wildman–Crippen MR) is 84.1 cm³/mol. The summed E-state index contributed by atoms with van der Waals surface area (Å²) in [5, 5.41) is 5.02. The summed E-state index contributed by atoms with van der Waals surface area (Å²) >= 11 is 0. The van der Waals surface area contributed by atoms with Crippen LogP contribution in [0.5, 0.6) is 0 Å². The van der Waals surface area contributed by atoms with Crippen LogP contribution in [0, 0.1) is 0 Å². The first-order valence-electron chi connectivity index (χ1n) is 8.66. The van der Waals surface area contributed by atoms with Gasteiger partial charge in [-0.1, -0.05) is 89.8 Å². The van der Waals surface area contributed by atoms with Crippen LogP contribution in [0.4, 0.5) is 0 Å². The van der Waals surface area contributed by atoms with Gasteiger partial charge in [0.25, 0.3) is 0 Å². The van der Waals surface area contributed by atoms with Crippen LogP contribution in [0.2, 0.25) is 0 Å². The van der Waals surface area contributed by atoms with E-state index in [1.54, 1.807) is 0 Å². The minimum absolute atomic E-state index is 0.591. The Labute approximate surface area is 119 Å². The van der Waals surface area contributed by atoms with Crippen molar-refractivity contribution in [2.75, 3.05) is 0 Å². The number of hydrogen-bond acceptors (Lipinski definition) is 1. The Morgan fingerprint density at radius 1 is 0.947 bits per heavy atom. The first kappa shape index (κ1) is 14.9. The highest BCUT2D eigenvalue weighted by Crippen LogP contribution is 2.26. The third kappa shape index (κ3) is 5.54. The van der Waals surface area contributed by atoms with E-state index in [0.29, 0.717) is 12.1 Å². The van der Waals surface area contributed by atoms with Crippen molar-refractivity contribution in [3.05, 3.63) is 5.32 Å². The van der Waals surface area contributed by atoms with E-state index in [-0.39, 0.29) is 0 Å². The van der Waals surface area contributed by atoms with Crippen LogP contribution in [0.1, 0.15) is 90.4 Å². The molecule has 0 unspecified atom stereocenters. The molecule has 0 bridgehead atoms. The van der Waals surface area contributed by atoms with Crippen molar-refractivity contribution in [2.45, 2.75) is 102 Å². The predicted octanol–water partition coefficient (Wildman–Crippen LogP) is 5.61. The zero-order valence-corrected chi connectivity index (χ0v) is 12.7. The number of nitrogens with zero attached hydrogens (tertiary/aromatic N) is 2. The smallest absolute Gasteiger partial charge is 0.0362 e. The van der Waals surface area contributed by atoms with E-state index in [2.05, 4.69) is 6.92 Å². The molecule has 0 saturated heterocycles. The summed E-state index contributed by atoms with van der Waals surface area (Å²) in [6.07, 6.45) is 17.1. The van der Waals surface area contributed by atoms with Crippen LogP contribution in [0.3, 0.4) is 0 Å². The molecule has 0 aromatic rings. The molecule has 0 amide bonds. The van der Waals surface area contributed by atoms with Gasteiger partial charge in [-0.05, 0) is 18.5 Å². The molecule has 2 nitrogen and oxygen atoms in total. The topological polar surface area (TPSA) is 26.5 Å². The summed E-state index contributed by atoms with van der Waals surface area (Å²) < 4.78 is 0. The van der Waals surface area contributed by atoms with E-state index < -0.39 is 0 Å². The standard InChI is InChI=1S/C17H31N2/c1-2-3-14-17(18-15-10-6-4-7-11-15)19-16-12-8-5-9-13-16/h15-16H,2-14H2,1H3/q-1. The summed E-state index contributed by atoms with van der Waals surface area (Å²) in [4.78, 5) is 5.02. The van der Waals surface area contributed by atoms with Crippen molar-refractivity contribution in [3.63, 3.8) is 0 Å². The molecule has 0 atom stereocenters. The lowest BCUT2D eigenvalue weighted by atomic mass is 9.94. The van der Waals surface area contributed by atoms with Crippen molar-refractivity contribution in [1.29, 1.82) is 0 Å². The molecule has 0 aliphatic heterocycles. The van der Waals surface area contributed by atoms with Crippen molar-refractivity contribution >= 4 is 5.84 Å². The summed E-state index contributed by atoms with van der Waals surface area (Å²) in [6, 6.07) is 1.18. The Bertz CT molecular complexity index is 260. The number of hydrogen-bond donors (Lipinski definition) is 0. The van der Waals surface area contributed by atoms with Crippen LogP contribution in [0.25, 0.3) is 5.32 Å². The zero-order chi connectivity index (χ0) is 13.3. The highest BCUT2D eigenvalue weighted by atomic mass is 15.0. The summed E-state index contributed by atoms with van der Waals surface area (Å²) in [7, 11) is 0. The van der Waals surface area contributed by atoms with Gasteiger partial charge < -0.3 is 10.3 Å². The lowest BCUT2D eigenvalue weighted by Gasteiger charge is -2.34. The maximum Gasteiger partial charge on any atom is -0.0362 e.